The van der Waals surface area contributed by atoms with Crippen molar-refractivity contribution in [1.29, 1.82) is 0 Å². The van der Waals surface area contributed by atoms with Crippen molar-refractivity contribution in [3.63, 3.8) is 0 Å². The Kier molecular flexibility index (Phi) is 3.31. The average molecular weight is 252 g/mol. The Labute approximate surface area is 107 Å². The first kappa shape index (κ1) is 11.4. The van der Waals surface area contributed by atoms with E-state index >= 15 is 0 Å². The van der Waals surface area contributed by atoms with Crippen LogP contribution in [0.25, 0.3) is 0 Å². The van der Waals surface area contributed by atoms with Gasteiger partial charge < -0.3 is 10.2 Å². The molecule has 0 aromatic carbocycles. The van der Waals surface area contributed by atoms with Crippen molar-refractivity contribution in [2.75, 3.05) is 38.1 Å². The summed E-state index contributed by atoms with van der Waals surface area (Å²) in [5.41, 5.74) is 0. The Morgan fingerprint density at radius 3 is 3.29 bits per heavy atom. The predicted octanol–water partition coefficient (Wildman–Crippen LogP) is 1.15. The van der Waals surface area contributed by atoms with Crippen LogP contribution < -0.4 is 10.2 Å². The molecule has 2 aliphatic rings. The molecule has 0 aliphatic carbocycles. The van der Waals surface area contributed by atoms with E-state index in [0.717, 1.165) is 19.1 Å². The van der Waals surface area contributed by atoms with E-state index in [-0.39, 0.29) is 0 Å². The first-order chi connectivity index (χ1) is 8.36. The summed E-state index contributed by atoms with van der Waals surface area (Å²) in [4.78, 5) is 11.0. The van der Waals surface area contributed by atoms with Crippen molar-refractivity contribution in [2.24, 2.45) is 0 Å². The second-order valence-corrected chi connectivity index (χ2v) is 6.01. The summed E-state index contributed by atoms with van der Waals surface area (Å²) in [6, 6.07) is 0.778. The smallest absolute Gasteiger partial charge is 0.185 e. The minimum Gasteiger partial charge on any atom is -0.345 e. The molecule has 1 aromatic rings. The van der Waals surface area contributed by atoms with Crippen LogP contribution >= 0.6 is 11.3 Å². The molecule has 1 unspecified atom stereocenters. The first-order valence-electron chi connectivity index (χ1n) is 6.45. The predicted molar refractivity (Wildman–Crippen MR) is 71.7 cm³/mol. The third kappa shape index (κ3) is 2.32. The summed E-state index contributed by atoms with van der Waals surface area (Å²) in [6.45, 7) is 5.77. The molecule has 2 saturated heterocycles. The van der Waals surface area contributed by atoms with Gasteiger partial charge in [0.25, 0.3) is 0 Å². The Hall–Kier alpha value is -0.650. The van der Waals surface area contributed by atoms with E-state index in [9.17, 15) is 0 Å². The highest BCUT2D eigenvalue weighted by Gasteiger charge is 2.31. The molecule has 0 amide bonds. The maximum Gasteiger partial charge on any atom is 0.185 e. The molecule has 0 radical (unpaired) electrons. The monoisotopic (exact) mass is 252 g/mol. The third-order valence-corrected chi connectivity index (χ3v) is 4.81. The lowest BCUT2D eigenvalue weighted by molar-refractivity contribution is 0.231. The van der Waals surface area contributed by atoms with Crippen LogP contribution in [-0.2, 0) is 6.54 Å². The molecule has 2 aliphatic heterocycles. The van der Waals surface area contributed by atoms with Gasteiger partial charge in [0, 0.05) is 43.3 Å². The topological polar surface area (TPSA) is 31.4 Å². The van der Waals surface area contributed by atoms with Gasteiger partial charge in [0.05, 0.1) is 0 Å². The Bertz CT molecular complexity index is 378. The second-order valence-electron chi connectivity index (χ2n) is 4.92. The molecule has 2 fully saturated rings. The normalized spacial score (nSPS) is 25.2. The standard InChI is InChI=1S/C12H20N4S/c1-13-7-11-8-14-12(17-11)16-6-5-15-4-2-3-10(15)9-16/h8,10,13H,2-7,9H2,1H3. The van der Waals surface area contributed by atoms with Gasteiger partial charge in [0.2, 0.25) is 0 Å². The quantitative estimate of drug-likeness (QED) is 0.874. The number of thiazole rings is 1. The Morgan fingerprint density at radius 1 is 1.47 bits per heavy atom. The average Bonchev–Trinajstić information content (AvgIpc) is 2.96. The number of anilines is 1. The summed E-state index contributed by atoms with van der Waals surface area (Å²) >= 11 is 1.83. The van der Waals surface area contributed by atoms with Crippen molar-refractivity contribution in [3.05, 3.63) is 11.1 Å². The van der Waals surface area contributed by atoms with Gasteiger partial charge in [-0.1, -0.05) is 0 Å². The van der Waals surface area contributed by atoms with Gasteiger partial charge in [0.1, 0.15) is 0 Å². The zero-order valence-electron chi connectivity index (χ0n) is 10.4. The lowest BCUT2D eigenvalue weighted by Crippen LogP contribution is -2.50. The molecule has 1 atom stereocenters. The molecule has 5 heteroatoms. The third-order valence-electron chi connectivity index (χ3n) is 3.75. The number of hydrogen-bond acceptors (Lipinski definition) is 5. The maximum absolute atomic E-state index is 4.56. The molecule has 0 saturated carbocycles. The van der Waals surface area contributed by atoms with Crippen molar-refractivity contribution in [1.82, 2.24) is 15.2 Å². The minimum atomic E-state index is 0.778. The van der Waals surface area contributed by atoms with Gasteiger partial charge in [0.15, 0.2) is 5.13 Å². The second kappa shape index (κ2) is 4.92. The van der Waals surface area contributed by atoms with Gasteiger partial charge in [-0.3, -0.25) is 4.90 Å². The van der Waals surface area contributed by atoms with Crippen LogP contribution in [0.15, 0.2) is 6.20 Å². The number of fused-ring (bicyclic) bond motifs is 1. The lowest BCUT2D eigenvalue weighted by Gasteiger charge is -2.37. The van der Waals surface area contributed by atoms with Crippen LogP contribution in [0.1, 0.15) is 17.7 Å². The van der Waals surface area contributed by atoms with E-state index in [1.54, 1.807) is 0 Å². The van der Waals surface area contributed by atoms with Crippen LogP contribution in [0, 0.1) is 0 Å². The summed E-state index contributed by atoms with van der Waals surface area (Å²) in [5, 5.41) is 4.39. The van der Waals surface area contributed by atoms with E-state index in [4.69, 9.17) is 0 Å². The number of hydrogen-bond donors (Lipinski definition) is 1. The van der Waals surface area contributed by atoms with Crippen LogP contribution in [0.2, 0.25) is 0 Å². The van der Waals surface area contributed by atoms with E-state index in [0.29, 0.717) is 0 Å². The summed E-state index contributed by atoms with van der Waals surface area (Å²) in [7, 11) is 1.98. The SMILES string of the molecule is CNCc1cnc(N2CCN3CCCC3C2)s1. The number of nitrogens with zero attached hydrogens (tertiary/aromatic N) is 3. The minimum absolute atomic E-state index is 0.778. The zero-order chi connectivity index (χ0) is 11.7. The van der Waals surface area contributed by atoms with Crippen LogP contribution in [0.4, 0.5) is 5.13 Å². The van der Waals surface area contributed by atoms with E-state index < -0.39 is 0 Å². The summed E-state index contributed by atoms with van der Waals surface area (Å²) in [5.74, 6) is 0. The molecule has 1 N–H and O–H groups in total. The lowest BCUT2D eigenvalue weighted by atomic mass is 10.2. The van der Waals surface area contributed by atoms with Gasteiger partial charge in [-0.2, -0.15) is 0 Å². The number of nitrogens with one attached hydrogen (secondary N) is 1. The highest BCUT2D eigenvalue weighted by molar-refractivity contribution is 7.15. The molecule has 94 valence electrons. The number of piperazine rings is 1. The van der Waals surface area contributed by atoms with E-state index in [1.807, 2.05) is 24.6 Å². The molecule has 3 rings (SSSR count). The van der Waals surface area contributed by atoms with Crippen molar-refractivity contribution in [3.8, 4) is 0 Å². The van der Waals surface area contributed by atoms with Crippen molar-refractivity contribution >= 4 is 16.5 Å². The number of aromatic nitrogens is 1. The van der Waals surface area contributed by atoms with Crippen LogP contribution in [0.5, 0.6) is 0 Å². The first-order valence-corrected chi connectivity index (χ1v) is 7.27. The van der Waals surface area contributed by atoms with Crippen molar-refractivity contribution in [2.45, 2.75) is 25.4 Å². The Balaban J connectivity index is 1.67. The van der Waals surface area contributed by atoms with Gasteiger partial charge in [-0.05, 0) is 26.4 Å². The molecule has 1 aromatic heterocycles. The maximum atomic E-state index is 4.56. The fourth-order valence-corrected chi connectivity index (χ4v) is 3.82. The molecule has 17 heavy (non-hydrogen) atoms. The molecular formula is C12H20N4S. The fraction of sp³-hybridized carbons (Fsp3) is 0.750. The van der Waals surface area contributed by atoms with Gasteiger partial charge in [-0.25, -0.2) is 4.98 Å². The fourth-order valence-electron chi connectivity index (χ4n) is 2.86. The molecule has 0 bridgehead atoms. The largest absolute Gasteiger partial charge is 0.345 e. The molecule has 3 heterocycles. The van der Waals surface area contributed by atoms with Crippen molar-refractivity contribution < 1.29 is 0 Å². The molecule has 4 nitrogen and oxygen atoms in total. The van der Waals surface area contributed by atoms with E-state index in [1.165, 1.54) is 42.5 Å². The highest BCUT2D eigenvalue weighted by Crippen LogP contribution is 2.28. The van der Waals surface area contributed by atoms with E-state index in [2.05, 4.69) is 20.1 Å². The number of rotatable bonds is 3. The van der Waals surface area contributed by atoms with Gasteiger partial charge >= 0.3 is 0 Å². The van der Waals surface area contributed by atoms with Crippen LogP contribution in [-0.4, -0.2) is 49.2 Å². The molecular weight excluding hydrogens is 232 g/mol. The highest BCUT2D eigenvalue weighted by atomic mass is 32.1. The zero-order valence-corrected chi connectivity index (χ0v) is 11.2. The Morgan fingerprint density at radius 2 is 2.41 bits per heavy atom. The van der Waals surface area contributed by atoms with Gasteiger partial charge in [-0.15, -0.1) is 11.3 Å². The molecule has 0 spiro atoms. The summed E-state index contributed by atoms with van der Waals surface area (Å²) < 4.78 is 0. The van der Waals surface area contributed by atoms with Crippen LogP contribution in [0.3, 0.4) is 0 Å². The summed E-state index contributed by atoms with van der Waals surface area (Å²) in [6.07, 6.45) is 4.75.